The fourth-order valence-electron chi connectivity index (χ4n) is 7.04. The van der Waals surface area contributed by atoms with E-state index in [9.17, 15) is 53.8 Å². The summed E-state index contributed by atoms with van der Waals surface area (Å²) in [5.74, 6) is -1.94. The average molecular weight is 862 g/mol. The van der Waals surface area contributed by atoms with Gasteiger partial charge in [-0.1, -0.05) is 19.3 Å². The molecule has 4 rings (SSSR count). The molecular formula is C38H55N9O12S. The lowest BCUT2D eigenvalue weighted by atomic mass is 10.0. The van der Waals surface area contributed by atoms with Gasteiger partial charge in [-0.3, -0.25) is 44.2 Å². The first kappa shape index (κ1) is 47.1. The van der Waals surface area contributed by atoms with Crippen LogP contribution >= 0.6 is 11.8 Å². The number of benzene rings is 1. The standard InChI is InChI=1S/C38H55N9O12S/c48-31(13-3-1-9-21-40-32(49)14-6-5-12-30-36-28(24-60-30)43-38(54)44-36)41-22-10-7-11-27(37(53)59-45-34(51)18-19-35(45)52)42-33(50)15-4-2-8-20-39-26-17-16-25(46(55)56)23-29(26)47(57)58/h16-17,23,27-28,30,36,39H,1-15,18-22,24H2,(H,40,49)(H,41,48)(H,42,50)(H2,43,44,54)/t27-,28-,30-,36-/m0/s1. The highest BCUT2D eigenvalue weighted by Gasteiger charge is 2.42. The Labute approximate surface area is 351 Å². The molecule has 0 bridgehead atoms. The van der Waals surface area contributed by atoms with Gasteiger partial charge in [0.15, 0.2) is 0 Å². The minimum atomic E-state index is -1.15. The number of non-ortho nitro benzene ring substituents is 1. The Morgan fingerprint density at radius 1 is 0.783 bits per heavy atom. The van der Waals surface area contributed by atoms with Gasteiger partial charge in [-0.05, 0) is 63.9 Å². The van der Waals surface area contributed by atoms with Crippen molar-refractivity contribution in [1.82, 2.24) is 31.6 Å². The molecule has 7 amide bonds. The number of imide groups is 1. The second kappa shape index (κ2) is 24.5. The lowest BCUT2D eigenvalue weighted by Gasteiger charge is -2.20. The third-order valence-electron chi connectivity index (χ3n) is 10.3. The van der Waals surface area contributed by atoms with Gasteiger partial charge in [-0.15, -0.1) is 5.06 Å². The first-order valence-corrected chi connectivity index (χ1v) is 21.6. The summed E-state index contributed by atoms with van der Waals surface area (Å²) in [6.07, 6.45) is 7.94. The van der Waals surface area contributed by atoms with Gasteiger partial charge in [0, 0.05) is 68.8 Å². The van der Waals surface area contributed by atoms with Crippen molar-refractivity contribution in [3.63, 3.8) is 0 Å². The smallest absolute Gasteiger partial charge is 0.355 e. The fourth-order valence-corrected chi connectivity index (χ4v) is 8.58. The lowest BCUT2D eigenvalue weighted by Crippen LogP contribution is -2.45. The number of carbonyl (C=O) groups is 7. The number of hydroxylamine groups is 2. The van der Waals surface area contributed by atoms with Crippen molar-refractivity contribution in [2.45, 2.75) is 133 Å². The zero-order chi connectivity index (χ0) is 43.4. The van der Waals surface area contributed by atoms with Crippen molar-refractivity contribution in [3.8, 4) is 0 Å². The van der Waals surface area contributed by atoms with Crippen LogP contribution in [0.4, 0.5) is 21.9 Å². The summed E-state index contributed by atoms with van der Waals surface area (Å²) >= 11 is 1.86. The summed E-state index contributed by atoms with van der Waals surface area (Å²) in [6, 6.07) is 2.42. The van der Waals surface area contributed by atoms with E-state index < -0.39 is 51.0 Å². The SMILES string of the molecule is O=C(CCCCCNC(=O)CCCC[C@@H]1SC[C@@H]2NC(=O)N[C@@H]21)NCCCC[C@H](NC(=O)CCCCCNc1ccc([N+](=O)[O-])cc1[N+](=O)[O-])C(=O)ON1C(=O)CCC1=O. The topological polar surface area (TPSA) is 290 Å². The van der Waals surface area contributed by atoms with E-state index in [1.54, 1.807) is 0 Å². The molecule has 3 aliphatic heterocycles. The Morgan fingerprint density at radius 2 is 1.40 bits per heavy atom. The van der Waals surface area contributed by atoms with Crippen LogP contribution in [0.25, 0.3) is 0 Å². The van der Waals surface area contributed by atoms with E-state index in [0.29, 0.717) is 81.3 Å². The number of hydrogen-bond acceptors (Lipinski definition) is 14. The zero-order valence-electron chi connectivity index (χ0n) is 33.5. The molecule has 21 nitrogen and oxygen atoms in total. The molecule has 3 heterocycles. The number of thioether (sulfide) groups is 1. The van der Waals surface area contributed by atoms with Crippen molar-refractivity contribution in [3.05, 3.63) is 38.4 Å². The molecule has 3 fully saturated rings. The van der Waals surface area contributed by atoms with Crippen molar-refractivity contribution in [2.24, 2.45) is 0 Å². The average Bonchev–Trinajstić information content (AvgIpc) is 3.87. The highest BCUT2D eigenvalue weighted by atomic mass is 32.2. The summed E-state index contributed by atoms with van der Waals surface area (Å²) in [4.78, 5) is 112. The molecule has 1 aromatic carbocycles. The van der Waals surface area contributed by atoms with E-state index >= 15 is 0 Å². The largest absolute Gasteiger partial charge is 0.379 e. The monoisotopic (exact) mass is 861 g/mol. The number of urea groups is 1. The molecule has 1 aromatic rings. The van der Waals surface area contributed by atoms with Gasteiger partial charge in [-0.25, -0.2) is 9.59 Å². The van der Waals surface area contributed by atoms with Gasteiger partial charge in [0.25, 0.3) is 23.2 Å². The normalized spacial score (nSPS) is 18.6. The number of nitrogens with one attached hydrogen (secondary N) is 6. The van der Waals surface area contributed by atoms with Crippen LogP contribution in [-0.2, 0) is 33.6 Å². The summed E-state index contributed by atoms with van der Waals surface area (Å²) in [7, 11) is 0. The second-order valence-corrected chi connectivity index (χ2v) is 16.2. The number of nitrogens with zero attached hydrogens (tertiary/aromatic N) is 3. The van der Waals surface area contributed by atoms with Gasteiger partial charge < -0.3 is 36.7 Å². The minimum absolute atomic E-state index is 0.00916. The van der Waals surface area contributed by atoms with Crippen LogP contribution < -0.4 is 31.9 Å². The van der Waals surface area contributed by atoms with Crippen molar-refractivity contribution in [2.75, 3.05) is 30.7 Å². The molecular weight excluding hydrogens is 807 g/mol. The number of rotatable bonds is 28. The molecule has 0 saturated carbocycles. The molecule has 4 atom stereocenters. The van der Waals surface area contributed by atoms with Crippen molar-refractivity contribution < 1.29 is 48.2 Å². The quantitative estimate of drug-likeness (QED) is 0.0232. The third-order valence-corrected chi connectivity index (χ3v) is 11.8. The molecule has 6 N–H and O–H groups in total. The second-order valence-electron chi connectivity index (χ2n) is 14.9. The van der Waals surface area contributed by atoms with Gasteiger partial charge in [0.05, 0.1) is 28.0 Å². The predicted octanol–water partition coefficient (Wildman–Crippen LogP) is 3.26. The van der Waals surface area contributed by atoms with E-state index in [-0.39, 0.29) is 61.3 Å². The Balaban J connectivity index is 1.05. The molecule has 0 spiro atoms. The van der Waals surface area contributed by atoms with Crippen LogP contribution in [0.2, 0.25) is 0 Å². The van der Waals surface area contributed by atoms with Crippen LogP contribution in [0, 0.1) is 20.2 Å². The summed E-state index contributed by atoms with van der Waals surface area (Å²) in [6.45, 7) is 1.17. The Kier molecular flexibility index (Phi) is 19.3. The number of unbranched alkanes of at least 4 members (excludes halogenated alkanes) is 6. The van der Waals surface area contributed by atoms with E-state index in [1.165, 1.54) is 6.07 Å². The summed E-state index contributed by atoms with van der Waals surface area (Å²) in [5, 5.41) is 40.3. The number of fused-ring (bicyclic) bond motifs is 1. The van der Waals surface area contributed by atoms with Gasteiger partial charge in [-0.2, -0.15) is 11.8 Å². The Bertz CT molecular complexity index is 1720. The molecule has 3 saturated heterocycles. The maximum Gasteiger partial charge on any atom is 0.355 e. The maximum absolute atomic E-state index is 13.0. The van der Waals surface area contributed by atoms with E-state index in [0.717, 1.165) is 50.0 Å². The number of anilines is 1. The lowest BCUT2D eigenvalue weighted by molar-refractivity contribution is -0.393. The Morgan fingerprint density at radius 3 is 2.05 bits per heavy atom. The fraction of sp³-hybridized carbons (Fsp3) is 0.658. The number of nitro benzene ring substituents is 2. The zero-order valence-corrected chi connectivity index (χ0v) is 34.4. The summed E-state index contributed by atoms with van der Waals surface area (Å²) in [5.41, 5.74) is -0.700. The van der Waals surface area contributed by atoms with Crippen LogP contribution in [0.5, 0.6) is 0 Å². The molecule has 60 heavy (non-hydrogen) atoms. The molecule has 330 valence electrons. The summed E-state index contributed by atoms with van der Waals surface area (Å²) < 4.78 is 0. The van der Waals surface area contributed by atoms with Crippen molar-refractivity contribution in [1.29, 1.82) is 0 Å². The van der Waals surface area contributed by atoms with Gasteiger partial charge >= 0.3 is 12.0 Å². The van der Waals surface area contributed by atoms with Crippen LogP contribution in [0.15, 0.2) is 18.2 Å². The van der Waals surface area contributed by atoms with Crippen LogP contribution in [-0.4, -0.2) is 105 Å². The van der Waals surface area contributed by atoms with Crippen LogP contribution in [0.3, 0.4) is 0 Å². The first-order chi connectivity index (χ1) is 28.8. The molecule has 0 aliphatic carbocycles. The predicted molar refractivity (Wildman–Crippen MR) is 218 cm³/mol. The van der Waals surface area contributed by atoms with Gasteiger partial charge in [0.2, 0.25) is 17.7 Å². The number of nitro groups is 2. The van der Waals surface area contributed by atoms with E-state index in [4.69, 9.17) is 4.84 Å². The maximum atomic E-state index is 13.0. The third kappa shape index (κ3) is 15.6. The van der Waals surface area contributed by atoms with Gasteiger partial charge in [0.1, 0.15) is 11.7 Å². The number of carbonyl (C=O) groups excluding carboxylic acids is 7. The number of hydrogen-bond donors (Lipinski definition) is 6. The molecule has 0 aromatic heterocycles. The minimum Gasteiger partial charge on any atom is -0.379 e. The van der Waals surface area contributed by atoms with Crippen LogP contribution in [0.1, 0.15) is 109 Å². The van der Waals surface area contributed by atoms with E-state index in [2.05, 4.69) is 31.9 Å². The Hall–Kier alpha value is -5.54. The van der Waals surface area contributed by atoms with Crippen molar-refractivity contribution >= 4 is 70.4 Å². The molecule has 22 heteroatoms. The molecule has 0 unspecified atom stereocenters. The highest BCUT2D eigenvalue weighted by Crippen LogP contribution is 2.33. The first-order valence-electron chi connectivity index (χ1n) is 20.6. The number of amides is 7. The highest BCUT2D eigenvalue weighted by molar-refractivity contribution is 8.00. The van der Waals surface area contributed by atoms with E-state index in [1.807, 2.05) is 11.8 Å². The molecule has 3 aliphatic rings. The molecule has 0 radical (unpaired) electrons.